The summed E-state index contributed by atoms with van der Waals surface area (Å²) in [5.74, 6) is -5.26. The van der Waals surface area contributed by atoms with Crippen molar-refractivity contribution in [3.05, 3.63) is 52.8 Å². The molecule has 190 valence electrons. The molecule has 1 saturated heterocycles. The van der Waals surface area contributed by atoms with Gasteiger partial charge in [-0.25, -0.2) is 19.1 Å². The van der Waals surface area contributed by atoms with E-state index in [1.807, 2.05) is 0 Å². The first-order valence-corrected chi connectivity index (χ1v) is 10.9. The van der Waals surface area contributed by atoms with E-state index in [2.05, 4.69) is 15.3 Å². The summed E-state index contributed by atoms with van der Waals surface area (Å²) in [6.45, 7) is 2.74. The minimum atomic E-state index is -3.96. The molecule has 0 unspecified atom stereocenters. The molecule has 11 nitrogen and oxygen atoms in total. The molecule has 3 atom stereocenters. The lowest BCUT2D eigenvalue weighted by atomic mass is 10.1. The number of ether oxygens (including phenoxy) is 3. The van der Waals surface area contributed by atoms with Crippen LogP contribution in [0.2, 0.25) is 0 Å². The highest BCUT2D eigenvalue weighted by Gasteiger charge is 2.62. The van der Waals surface area contributed by atoms with Gasteiger partial charge in [0.25, 0.3) is 0 Å². The van der Waals surface area contributed by atoms with Crippen LogP contribution in [-0.2, 0) is 25.4 Å². The van der Waals surface area contributed by atoms with Gasteiger partial charge in [-0.15, -0.1) is 0 Å². The molecular weight excluding hydrogens is 470 g/mol. The Kier molecular flexibility index (Phi) is 8.46. The fourth-order valence-electron chi connectivity index (χ4n) is 3.36. The lowest BCUT2D eigenvalue weighted by molar-refractivity contribution is -0.176. The molecule has 0 radical (unpaired) electrons. The molecule has 1 aliphatic rings. The highest BCUT2D eigenvalue weighted by Crippen LogP contribution is 2.44. The number of aromatic nitrogens is 3. The first-order chi connectivity index (χ1) is 16.6. The molecule has 0 spiro atoms. The summed E-state index contributed by atoms with van der Waals surface area (Å²) in [7, 11) is 0. The number of nitrogens with zero attached hydrogens (tertiary/aromatic N) is 3. The summed E-state index contributed by atoms with van der Waals surface area (Å²) < 4.78 is 46.4. The maximum atomic E-state index is 15.4. The number of esters is 1. The fraction of sp³-hybridized carbons (Fsp3) is 0.500. The molecule has 1 aliphatic heterocycles. The van der Waals surface area contributed by atoms with Gasteiger partial charge in [-0.2, -0.15) is 8.78 Å². The Morgan fingerprint density at radius 2 is 2.09 bits per heavy atom. The van der Waals surface area contributed by atoms with E-state index in [1.54, 1.807) is 32.2 Å². The van der Waals surface area contributed by atoms with Gasteiger partial charge in [-0.1, -0.05) is 19.9 Å². The zero-order valence-electron chi connectivity index (χ0n) is 19.1. The second-order valence-electron chi connectivity index (χ2n) is 8.26. The van der Waals surface area contributed by atoms with Crippen molar-refractivity contribution in [2.24, 2.45) is 5.92 Å². The summed E-state index contributed by atoms with van der Waals surface area (Å²) in [5, 5.41) is 11.8. The number of anilines is 1. The van der Waals surface area contributed by atoms with Crippen LogP contribution in [0.15, 0.2) is 41.6 Å². The number of amides is 1. The minimum Gasteiger partial charge on any atom is -0.453 e. The highest BCUT2D eigenvalue weighted by molar-refractivity contribution is 5.83. The molecule has 2 aromatic heterocycles. The van der Waals surface area contributed by atoms with Crippen LogP contribution in [0.5, 0.6) is 0 Å². The Bertz CT molecular complexity index is 1080. The van der Waals surface area contributed by atoms with Crippen LogP contribution >= 0.6 is 0 Å². The summed E-state index contributed by atoms with van der Waals surface area (Å²) in [5.41, 5.74) is -0.450. The van der Waals surface area contributed by atoms with Crippen molar-refractivity contribution in [2.45, 2.75) is 51.0 Å². The number of halogens is 2. The number of pyridine rings is 1. The molecule has 0 bridgehead atoms. The number of hydrogen-bond donors (Lipinski definition) is 2. The van der Waals surface area contributed by atoms with Gasteiger partial charge in [-0.05, 0) is 30.0 Å². The van der Waals surface area contributed by atoms with Crippen LogP contribution < -0.4 is 11.0 Å². The van der Waals surface area contributed by atoms with Crippen molar-refractivity contribution in [3.63, 3.8) is 0 Å². The topological polar surface area (TPSA) is 142 Å². The predicted molar refractivity (Wildman–Crippen MR) is 117 cm³/mol. The molecular formula is C22H26F2N4O7. The largest absolute Gasteiger partial charge is 0.453 e. The van der Waals surface area contributed by atoms with E-state index in [4.69, 9.17) is 14.2 Å². The maximum Gasteiger partial charge on any atom is 0.412 e. The van der Waals surface area contributed by atoms with Gasteiger partial charge < -0.3 is 19.3 Å². The van der Waals surface area contributed by atoms with E-state index < -0.39 is 48.7 Å². The van der Waals surface area contributed by atoms with Crippen LogP contribution in [0.1, 0.15) is 32.1 Å². The molecule has 0 saturated carbocycles. The van der Waals surface area contributed by atoms with Crippen LogP contribution in [0, 0.1) is 5.92 Å². The Hall–Kier alpha value is -3.45. The van der Waals surface area contributed by atoms with Crippen LogP contribution in [0.4, 0.5) is 19.4 Å². The van der Waals surface area contributed by atoms with Gasteiger partial charge in [0.05, 0.1) is 13.2 Å². The molecule has 0 aliphatic carbocycles. The van der Waals surface area contributed by atoms with Gasteiger partial charge >= 0.3 is 23.7 Å². The van der Waals surface area contributed by atoms with Crippen molar-refractivity contribution in [2.75, 3.05) is 18.5 Å². The zero-order chi connectivity index (χ0) is 25.6. The zero-order valence-corrected chi connectivity index (χ0v) is 19.1. The molecule has 1 amide bonds. The van der Waals surface area contributed by atoms with Crippen molar-refractivity contribution >= 4 is 17.9 Å². The monoisotopic (exact) mass is 496 g/mol. The standard InChI is InChI=1S/C22H26F2N4O7/c1-13(2)12-33-21(32)27-16-7-9-26-20(31)28(16)19-22(23,24)18(15(11-29)34-19)35-17(30)6-5-14-4-3-8-25-10-14/h3-4,7-10,13,15,18-19,29H,5-6,11-12H2,1-2H3,(H,27,32)/t15-,18-,19-/m1/s1. The molecule has 0 aromatic carbocycles. The average molecular weight is 496 g/mol. The van der Waals surface area contributed by atoms with Gasteiger partial charge in [0.15, 0.2) is 6.10 Å². The second-order valence-corrected chi connectivity index (χ2v) is 8.26. The SMILES string of the molecule is CC(C)COC(=O)Nc1ccnc(=O)n1[C@@H]1O[C@H](CO)[C@@H](OC(=O)CCc2cccnc2)C1(F)F. The minimum absolute atomic E-state index is 0.0155. The molecule has 1 fully saturated rings. The van der Waals surface area contributed by atoms with E-state index in [9.17, 15) is 19.5 Å². The summed E-state index contributed by atoms with van der Waals surface area (Å²) in [6.07, 6.45) is -3.04. The fourth-order valence-corrected chi connectivity index (χ4v) is 3.36. The lowest BCUT2D eigenvalue weighted by Gasteiger charge is -2.25. The van der Waals surface area contributed by atoms with Gasteiger partial charge in [0.2, 0.25) is 6.23 Å². The quantitative estimate of drug-likeness (QED) is 0.498. The van der Waals surface area contributed by atoms with Gasteiger partial charge in [0.1, 0.15) is 11.9 Å². The second kappa shape index (κ2) is 11.3. The third kappa shape index (κ3) is 6.36. The first-order valence-electron chi connectivity index (χ1n) is 10.9. The number of aliphatic hydroxyl groups excluding tert-OH is 1. The Balaban J connectivity index is 1.79. The molecule has 2 N–H and O–H groups in total. The number of aryl methyl sites for hydroxylation is 1. The Morgan fingerprint density at radius 3 is 2.74 bits per heavy atom. The molecule has 13 heteroatoms. The number of hydrogen-bond acceptors (Lipinski definition) is 9. The van der Waals surface area contributed by atoms with E-state index in [0.717, 1.165) is 12.3 Å². The normalized spacial score (nSPS) is 21.0. The van der Waals surface area contributed by atoms with Crippen LogP contribution in [0.25, 0.3) is 0 Å². The molecule has 3 heterocycles. The summed E-state index contributed by atoms with van der Waals surface area (Å²) in [6, 6.07) is 4.50. The number of aliphatic hydroxyl groups is 1. The Labute approximate surface area is 199 Å². The third-order valence-corrected chi connectivity index (χ3v) is 5.02. The smallest absolute Gasteiger partial charge is 0.412 e. The van der Waals surface area contributed by atoms with Crippen molar-refractivity contribution in [1.29, 1.82) is 0 Å². The van der Waals surface area contributed by atoms with E-state index >= 15 is 8.78 Å². The number of alkyl halides is 2. The van der Waals surface area contributed by atoms with Crippen molar-refractivity contribution < 1.29 is 37.7 Å². The van der Waals surface area contributed by atoms with E-state index in [-0.39, 0.29) is 31.2 Å². The van der Waals surface area contributed by atoms with Gasteiger partial charge in [-0.3, -0.25) is 15.1 Å². The summed E-state index contributed by atoms with van der Waals surface area (Å²) >= 11 is 0. The van der Waals surface area contributed by atoms with Crippen molar-refractivity contribution in [3.8, 4) is 0 Å². The van der Waals surface area contributed by atoms with Crippen molar-refractivity contribution in [1.82, 2.24) is 14.5 Å². The lowest BCUT2D eigenvalue weighted by Crippen LogP contribution is -2.45. The van der Waals surface area contributed by atoms with Gasteiger partial charge in [0, 0.05) is 25.0 Å². The highest BCUT2D eigenvalue weighted by atomic mass is 19.3. The number of rotatable bonds is 9. The molecule has 2 aromatic rings. The molecule has 3 rings (SSSR count). The predicted octanol–water partition coefficient (Wildman–Crippen LogP) is 1.91. The number of carbonyl (C=O) groups excluding carboxylic acids is 2. The van der Waals surface area contributed by atoms with E-state index in [0.29, 0.717) is 10.1 Å². The third-order valence-electron chi connectivity index (χ3n) is 5.02. The average Bonchev–Trinajstić information content (AvgIpc) is 3.06. The van der Waals surface area contributed by atoms with Crippen LogP contribution in [0.3, 0.4) is 0 Å². The summed E-state index contributed by atoms with van der Waals surface area (Å²) in [4.78, 5) is 44.2. The molecule has 35 heavy (non-hydrogen) atoms. The Morgan fingerprint density at radius 1 is 1.31 bits per heavy atom. The number of nitrogens with one attached hydrogen (secondary N) is 1. The maximum absolute atomic E-state index is 15.4. The first kappa shape index (κ1) is 26.2. The van der Waals surface area contributed by atoms with E-state index in [1.165, 1.54) is 6.20 Å². The number of carbonyl (C=O) groups is 2. The van der Waals surface area contributed by atoms with Crippen LogP contribution in [-0.4, -0.2) is 63.0 Å².